The zero-order chi connectivity index (χ0) is 21.7. The maximum Gasteiger partial charge on any atom is 0.246 e. The Kier molecular flexibility index (Phi) is 6.87. The number of aliphatic imine (C=N–C) groups is 1. The van der Waals surface area contributed by atoms with Crippen molar-refractivity contribution in [3.05, 3.63) is 58.7 Å². The molecule has 0 radical (unpaired) electrons. The molecule has 3 rings (SSSR count). The van der Waals surface area contributed by atoms with E-state index in [4.69, 9.17) is 0 Å². The van der Waals surface area contributed by atoms with E-state index in [1.807, 2.05) is 64.1 Å². The average Bonchev–Trinajstić information content (AvgIpc) is 3.53. The van der Waals surface area contributed by atoms with E-state index in [0.29, 0.717) is 5.92 Å². The molecule has 0 aromatic heterocycles. The third kappa shape index (κ3) is 5.69. The summed E-state index contributed by atoms with van der Waals surface area (Å²) in [5.41, 5.74) is 5.80. The van der Waals surface area contributed by atoms with Gasteiger partial charge in [-0.25, -0.2) is 0 Å². The highest BCUT2D eigenvalue weighted by Gasteiger charge is 2.28. The molecular weight excluding hydrogens is 376 g/mol. The zero-order valence-electron chi connectivity index (χ0n) is 18.1. The zero-order valence-corrected chi connectivity index (χ0v) is 18.1. The normalized spacial score (nSPS) is 13.7. The number of carbonyl (C=O) groups is 2. The lowest BCUT2D eigenvalue weighted by Crippen LogP contribution is -2.35. The Morgan fingerprint density at radius 1 is 0.833 bits per heavy atom. The standard InChI is InChI=1S/C24H30N4O2/c1-15-7-5-8-16(2)22(15)27-20(29)13-25-24(19-11-12-19)26-14-21(30)28-23-17(3)9-6-10-18(23)4/h5-10,19H,11-14H2,1-4H3,(H,25,26)(H,27,29)(H,28,30). The smallest absolute Gasteiger partial charge is 0.246 e. The van der Waals surface area contributed by atoms with E-state index >= 15 is 0 Å². The summed E-state index contributed by atoms with van der Waals surface area (Å²) in [7, 11) is 0. The van der Waals surface area contributed by atoms with Gasteiger partial charge in [0, 0.05) is 17.3 Å². The van der Waals surface area contributed by atoms with Gasteiger partial charge in [-0.1, -0.05) is 36.4 Å². The molecule has 2 aromatic rings. The van der Waals surface area contributed by atoms with Gasteiger partial charge in [-0.3, -0.25) is 14.6 Å². The number of nitrogens with zero attached hydrogens (tertiary/aromatic N) is 1. The summed E-state index contributed by atoms with van der Waals surface area (Å²) >= 11 is 0. The summed E-state index contributed by atoms with van der Waals surface area (Å²) in [6.07, 6.45) is 2.06. The second-order valence-corrected chi connectivity index (χ2v) is 7.96. The van der Waals surface area contributed by atoms with Gasteiger partial charge in [-0.2, -0.15) is 0 Å². The van der Waals surface area contributed by atoms with Crippen molar-refractivity contribution < 1.29 is 9.59 Å². The molecule has 0 atom stereocenters. The maximum atomic E-state index is 12.4. The molecule has 0 saturated heterocycles. The van der Waals surface area contributed by atoms with Crippen molar-refractivity contribution in [2.75, 3.05) is 23.7 Å². The Hall–Kier alpha value is -3.15. The number of rotatable bonds is 7. The van der Waals surface area contributed by atoms with E-state index in [-0.39, 0.29) is 24.9 Å². The Morgan fingerprint density at radius 3 is 1.77 bits per heavy atom. The summed E-state index contributed by atoms with van der Waals surface area (Å²) in [5, 5.41) is 9.06. The highest BCUT2D eigenvalue weighted by atomic mass is 16.2. The number of hydrogen-bond acceptors (Lipinski definition) is 3. The van der Waals surface area contributed by atoms with Crippen molar-refractivity contribution in [1.82, 2.24) is 5.32 Å². The van der Waals surface area contributed by atoms with Crippen LogP contribution in [-0.2, 0) is 9.59 Å². The number of amides is 2. The highest BCUT2D eigenvalue weighted by molar-refractivity contribution is 5.99. The van der Waals surface area contributed by atoms with Gasteiger partial charge in [0.15, 0.2) is 0 Å². The van der Waals surface area contributed by atoms with Gasteiger partial charge in [-0.05, 0) is 62.8 Å². The Morgan fingerprint density at radius 2 is 1.30 bits per heavy atom. The predicted octanol–water partition coefficient (Wildman–Crippen LogP) is 3.90. The van der Waals surface area contributed by atoms with Gasteiger partial charge < -0.3 is 16.0 Å². The predicted molar refractivity (Wildman–Crippen MR) is 122 cm³/mol. The van der Waals surface area contributed by atoms with Gasteiger partial charge in [0.25, 0.3) is 0 Å². The largest absolute Gasteiger partial charge is 0.365 e. The first-order valence-corrected chi connectivity index (χ1v) is 10.4. The minimum absolute atomic E-state index is 0.0329. The molecule has 3 N–H and O–H groups in total. The summed E-state index contributed by atoms with van der Waals surface area (Å²) < 4.78 is 0. The Balaban J connectivity index is 1.56. The molecule has 6 heteroatoms. The van der Waals surface area contributed by atoms with E-state index in [2.05, 4.69) is 20.9 Å². The first kappa shape index (κ1) is 21.6. The fourth-order valence-corrected chi connectivity index (χ4v) is 3.40. The van der Waals surface area contributed by atoms with Crippen LogP contribution in [0.15, 0.2) is 41.4 Å². The summed E-state index contributed by atoms with van der Waals surface area (Å²) in [6.45, 7) is 8.05. The summed E-state index contributed by atoms with van der Waals surface area (Å²) in [5.74, 6) is 0.766. The molecule has 2 aromatic carbocycles. The van der Waals surface area contributed by atoms with Crippen LogP contribution in [0.1, 0.15) is 35.1 Å². The molecule has 0 spiro atoms. The molecule has 30 heavy (non-hydrogen) atoms. The van der Waals surface area contributed by atoms with Crippen molar-refractivity contribution in [3.8, 4) is 0 Å². The second-order valence-electron chi connectivity index (χ2n) is 7.96. The SMILES string of the molecule is Cc1cccc(C)c1NC(=O)CN=C(NCC(=O)Nc1c(C)cccc1C)C1CC1. The van der Waals surface area contributed by atoms with Crippen molar-refractivity contribution in [2.24, 2.45) is 10.9 Å². The second kappa shape index (κ2) is 9.57. The monoisotopic (exact) mass is 406 g/mol. The number of para-hydroxylation sites is 2. The Labute approximate surface area is 178 Å². The molecule has 0 unspecified atom stereocenters. The van der Waals surface area contributed by atoms with E-state index in [1.165, 1.54) is 0 Å². The molecule has 6 nitrogen and oxygen atoms in total. The number of aryl methyl sites for hydroxylation is 4. The van der Waals surface area contributed by atoms with Crippen molar-refractivity contribution in [2.45, 2.75) is 40.5 Å². The van der Waals surface area contributed by atoms with Crippen LogP contribution in [0.4, 0.5) is 11.4 Å². The van der Waals surface area contributed by atoms with Gasteiger partial charge in [0.2, 0.25) is 11.8 Å². The molecule has 1 saturated carbocycles. The first-order valence-electron chi connectivity index (χ1n) is 10.4. The van der Waals surface area contributed by atoms with E-state index in [9.17, 15) is 9.59 Å². The third-order valence-electron chi connectivity index (χ3n) is 5.28. The third-order valence-corrected chi connectivity index (χ3v) is 5.28. The van der Waals surface area contributed by atoms with Crippen LogP contribution in [0.5, 0.6) is 0 Å². The van der Waals surface area contributed by atoms with Crippen molar-refractivity contribution in [1.29, 1.82) is 0 Å². The first-order chi connectivity index (χ1) is 14.3. The molecule has 0 heterocycles. The fraction of sp³-hybridized carbons (Fsp3) is 0.375. The topological polar surface area (TPSA) is 82.6 Å². The van der Waals surface area contributed by atoms with Crippen LogP contribution < -0.4 is 16.0 Å². The number of benzene rings is 2. The van der Waals surface area contributed by atoms with Crippen LogP contribution >= 0.6 is 0 Å². The van der Waals surface area contributed by atoms with Crippen molar-refractivity contribution >= 4 is 29.0 Å². The minimum Gasteiger partial charge on any atom is -0.365 e. The lowest BCUT2D eigenvalue weighted by Gasteiger charge is -2.14. The molecular formula is C24H30N4O2. The van der Waals surface area contributed by atoms with Crippen LogP contribution in [-0.4, -0.2) is 30.7 Å². The number of carbonyl (C=O) groups excluding carboxylic acids is 2. The number of anilines is 2. The van der Waals surface area contributed by atoms with Crippen LogP contribution in [0, 0.1) is 33.6 Å². The lowest BCUT2D eigenvalue weighted by atomic mass is 10.1. The molecule has 158 valence electrons. The molecule has 0 bridgehead atoms. The molecule has 1 aliphatic rings. The quantitative estimate of drug-likeness (QED) is 0.482. The lowest BCUT2D eigenvalue weighted by molar-refractivity contribution is -0.115. The van der Waals surface area contributed by atoms with Gasteiger partial charge in [0.05, 0.1) is 6.54 Å². The number of amidine groups is 1. The van der Waals surface area contributed by atoms with Gasteiger partial charge in [-0.15, -0.1) is 0 Å². The number of hydrogen-bond donors (Lipinski definition) is 3. The Bertz CT molecular complexity index is 937. The molecule has 2 amide bonds. The molecule has 1 aliphatic carbocycles. The van der Waals surface area contributed by atoms with E-state index < -0.39 is 0 Å². The minimum atomic E-state index is -0.160. The van der Waals surface area contributed by atoms with Gasteiger partial charge >= 0.3 is 0 Å². The number of nitrogens with one attached hydrogen (secondary N) is 3. The van der Waals surface area contributed by atoms with E-state index in [0.717, 1.165) is 52.3 Å². The molecule has 0 aliphatic heterocycles. The van der Waals surface area contributed by atoms with Crippen LogP contribution in [0.3, 0.4) is 0 Å². The van der Waals surface area contributed by atoms with Crippen molar-refractivity contribution in [3.63, 3.8) is 0 Å². The summed E-state index contributed by atoms with van der Waals surface area (Å²) in [6, 6.07) is 11.8. The molecule has 1 fully saturated rings. The summed E-state index contributed by atoms with van der Waals surface area (Å²) in [4.78, 5) is 29.3. The average molecular weight is 407 g/mol. The van der Waals surface area contributed by atoms with Crippen LogP contribution in [0.2, 0.25) is 0 Å². The van der Waals surface area contributed by atoms with Gasteiger partial charge in [0.1, 0.15) is 12.4 Å². The van der Waals surface area contributed by atoms with Crippen LogP contribution in [0.25, 0.3) is 0 Å². The van der Waals surface area contributed by atoms with E-state index in [1.54, 1.807) is 0 Å². The fourth-order valence-electron chi connectivity index (χ4n) is 3.40. The maximum absolute atomic E-state index is 12.4. The highest BCUT2D eigenvalue weighted by Crippen LogP contribution is 2.29.